The van der Waals surface area contributed by atoms with E-state index in [4.69, 9.17) is 4.74 Å². The van der Waals surface area contributed by atoms with Crippen LogP contribution in [0.5, 0.6) is 5.88 Å². The van der Waals surface area contributed by atoms with Gasteiger partial charge in [-0.1, -0.05) is 0 Å². The number of ether oxygens (including phenoxy) is 1. The molecule has 0 spiro atoms. The molecule has 0 aliphatic carbocycles. The molecule has 3 nitrogen and oxygen atoms in total. The van der Waals surface area contributed by atoms with Crippen molar-refractivity contribution in [3.63, 3.8) is 0 Å². The summed E-state index contributed by atoms with van der Waals surface area (Å²) in [5.41, 5.74) is 1.23. The Morgan fingerprint density at radius 1 is 1.38 bits per heavy atom. The summed E-state index contributed by atoms with van der Waals surface area (Å²) in [5.74, 6) is 0.728. The first-order valence-corrected chi connectivity index (χ1v) is 6.09. The minimum atomic E-state index is 0.617. The Bertz CT molecular complexity index is 344. The van der Waals surface area contributed by atoms with Gasteiger partial charge in [-0.25, -0.2) is 4.98 Å². The van der Waals surface area contributed by atoms with Gasteiger partial charge < -0.3 is 9.64 Å². The molecule has 2 atom stereocenters. The third-order valence-electron chi connectivity index (χ3n) is 3.26. The van der Waals surface area contributed by atoms with Gasteiger partial charge in [0.15, 0.2) is 0 Å². The topological polar surface area (TPSA) is 25.4 Å². The van der Waals surface area contributed by atoms with Gasteiger partial charge in [0, 0.05) is 30.0 Å². The van der Waals surface area contributed by atoms with Crippen molar-refractivity contribution in [2.24, 2.45) is 0 Å². The van der Waals surface area contributed by atoms with Crippen LogP contribution >= 0.6 is 0 Å². The van der Waals surface area contributed by atoms with Crippen LogP contribution in [0, 0.1) is 0 Å². The molecule has 1 fully saturated rings. The minimum absolute atomic E-state index is 0.617. The van der Waals surface area contributed by atoms with E-state index in [1.807, 2.05) is 19.2 Å². The van der Waals surface area contributed by atoms with Crippen molar-refractivity contribution >= 4 is 5.69 Å². The summed E-state index contributed by atoms with van der Waals surface area (Å²) in [4.78, 5) is 6.66. The lowest BCUT2D eigenvalue weighted by Gasteiger charge is -2.28. The van der Waals surface area contributed by atoms with Crippen molar-refractivity contribution in [3.8, 4) is 5.88 Å². The van der Waals surface area contributed by atoms with E-state index in [9.17, 15) is 0 Å². The Balaban J connectivity index is 2.22. The van der Waals surface area contributed by atoms with E-state index in [0.717, 1.165) is 5.88 Å². The zero-order chi connectivity index (χ0) is 11.5. The average molecular weight is 220 g/mol. The van der Waals surface area contributed by atoms with Crippen LogP contribution < -0.4 is 9.64 Å². The number of pyridine rings is 1. The normalized spacial score (nSPS) is 24.8. The van der Waals surface area contributed by atoms with Crippen LogP contribution in [0.1, 0.15) is 33.6 Å². The molecule has 1 aromatic heterocycles. The van der Waals surface area contributed by atoms with Crippen molar-refractivity contribution in [1.82, 2.24) is 4.98 Å². The van der Waals surface area contributed by atoms with E-state index in [-0.39, 0.29) is 0 Å². The molecule has 88 valence electrons. The number of rotatable bonds is 3. The van der Waals surface area contributed by atoms with Gasteiger partial charge in [-0.05, 0) is 39.7 Å². The molecule has 2 unspecified atom stereocenters. The minimum Gasteiger partial charge on any atom is -0.478 e. The van der Waals surface area contributed by atoms with Gasteiger partial charge in [-0.15, -0.1) is 0 Å². The maximum absolute atomic E-state index is 5.44. The molecule has 0 aromatic carbocycles. The lowest BCUT2D eigenvalue weighted by atomic mass is 10.2. The highest BCUT2D eigenvalue weighted by molar-refractivity contribution is 5.50. The molecule has 0 radical (unpaired) electrons. The molecule has 1 saturated heterocycles. The predicted molar refractivity (Wildman–Crippen MR) is 66.0 cm³/mol. The highest BCUT2D eigenvalue weighted by Gasteiger charge is 2.27. The summed E-state index contributed by atoms with van der Waals surface area (Å²) in [6.45, 7) is 7.21. The van der Waals surface area contributed by atoms with Crippen LogP contribution in [0.2, 0.25) is 0 Å². The molecule has 1 aromatic rings. The Kier molecular flexibility index (Phi) is 3.32. The molecule has 1 aliphatic heterocycles. The Labute approximate surface area is 97.4 Å². The summed E-state index contributed by atoms with van der Waals surface area (Å²) < 4.78 is 5.44. The van der Waals surface area contributed by atoms with E-state index >= 15 is 0 Å². The number of hydrogen-bond donors (Lipinski definition) is 0. The zero-order valence-electron chi connectivity index (χ0n) is 10.3. The molecule has 2 heterocycles. The van der Waals surface area contributed by atoms with E-state index in [2.05, 4.69) is 29.8 Å². The Morgan fingerprint density at radius 2 is 2.06 bits per heavy atom. The van der Waals surface area contributed by atoms with E-state index < -0.39 is 0 Å². The maximum Gasteiger partial charge on any atom is 0.215 e. The standard InChI is InChI=1S/C13H20N2O/c1-4-16-13-9-12(7-8-14-13)15-10(2)5-6-11(15)3/h7-11H,4-6H2,1-3H3. The molecule has 0 bridgehead atoms. The Morgan fingerprint density at radius 3 is 2.69 bits per heavy atom. The van der Waals surface area contributed by atoms with Crippen molar-refractivity contribution < 1.29 is 4.74 Å². The number of anilines is 1. The number of nitrogens with zero attached hydrogens (tertiary/aromatic N) is 2. The molecular weight excluding hydrogens is 200 g/mol. The monoisotopic (exact) mass is 220 g/mol. The van der Waals surface area contributed by atoms with Gasteiger partial charge in [0.05, 0.1) is 6.61 Å². The van der Waals surface area contributed by atoms with Crippen LogP contribution in [0.15, 0.2) is 18.3 Å². The first-order valence-electron chi connectivity index (χ1n) is 6.09. The van der Waals surface area contributed by atoms with E-state index in [1.54, 1.807) is 0 Å². The second-order valence-corrected chi connectivity index (χ2v) is 4.47. The maximum atomic E-state index is 5.44. The van der Waals surface area contributed by atoms with Gasteiger partial charge in [-0.3, -0.25) is 0 Å². The summed E-state index contributed by atoms with van der Waals surface area (Å²) in [6, 6.07) is 5.35. The first-order chi connectivity index (χ1) is 7.72. The lowest BCUT2D eigenvalue weighted by Crippen LogP contribution is -2.32. The molecule has 3 heteroatoms. The molecule has 0 saturated carbocycles. The lowest BCUT2D eigenvalue weighted by molar-refractivity contribution is 0.327. The SMILES string of the molecule is CCOc1cc(N2C(C)CCC2C)ccn1. The molecule has 0 amide bonds. The molecular formula is C13H20N2O. The second kappa shape index (κ2) is 4.73. The molecule has 16 heavy (non-hydrogen) atoms. The molecule has 2 rings (SSSR count). The smallest absolute Gasteiger partial charge is 0.215 e. The highest BCUT2D eigenvalue weighted by Crippen LogP contribution is 2.31. The van der Waals surface area contributed by atoms with Gasteiger partial charge in [0.2, 0.25) is 5.88 Å². The van der Waals surface area contributed by atoms with Crippen LogP contribution in [-0.2, 0) is 0 Å². The van der Waals surface area contributed by atoms with Crippen LogP contribution in [0.3, 0.4) is 0 Å². The third kappa shape index (κ3) is 2.13. The average Bonchev–Trinajstić information content (AvgIpc) is 2.59. The fourth-order valence-corrected chi connectivity index (χ4v) is 2.49. The van der Waals surface area contributed by atoms with Crippen LogP contribution in [0.4, 0.5) is 5.69 Å². The third-order valence-corrected chi connectivity index (χ3v) is 3.26. The van der Waals surface area contributed by atoms with Crippen molar-refractivity contribution in [2.45, 2.75) is 45.7 Å². The van der Waals surface area contributed by atoms with Crippen molar-refractivity contribution in [1.29, 1.82) is 0 Å². The van der Waals surface area contributed by atoms with E-state index in [1.165, 1.54) is 18.5 Å². The molecule has 0 N–H and O–H groups in total. The van der Waals surface area contributed by atoms with Crippen LogP contribution in [-0.4, -0.2) is 23.7 Å². The van der Waals surface area contributed by atoms with Crippen molar-refractivity contribution in [2.75, 3.05) is 11.5 Å². The summed E-state index contributed by atoms with van der Waals surface area (Å²) >= 11 is 0. The van der Waals surface area contributed by atoms with Crippen molar-refractivity contribution in [3.05, 3.63) is 18.3 Å². The van der Waals surface area contributed by atoms with Gasteiger partial charge in [0.25, 0.3) is 0 Å². The van der Waals surface area contributed by atoms with Gasteiger partial charge >= 0.3 is 0 Å². The van der Waals surface area contributed by atoms with E-state index in [0.29, 0.717) is 18.7 Å². The summed E-state index contributed by atoms with van der Waals surface area (Å²) in [7, 11) is 0. The second-order valence-electron chi connectivity index (χ2n) is 4.47. The summed E-state index contributed by atoms with van der Waals surface area (Å²) in [5, 5.41) is 0. The van der Waals surface area contributed by atoms with Crippen LogP contribution in [0.25, 0.3) is 0 Å². The molecule has 1 aliphatic rings. The fraction of sp³-hybridized carbons (Fsp3) is 0.615. The number of aromatic nitrogens is 1. The summed E-state index contributed by atoms with van der Waals surface area (Å²) in [6.07, 6.45) is 4.37. The quantitative estimate of drug-likeness (QED) is 0.783. The zero-order valence-corrected chi connectivity index (χ0v) is 10.3. The number of hydrogen-bond acceptors (Lipinski definition) is 3. The van der Waals surface area contributed by atoms with Gasteiger partial charge in [-0.2, -0.15) is 0 Å². The first kappa shape index (κ1) is 11.2. The highest BCUT2D eigenvalue weighted by atomic mass is 16.5. The van der Waals surface area contributed by atoms with Gasteiger partial charge in [0.1, 0.15) is 0 Å². The Hall–Kier alpha value is -1.25. The largest absolute Gasteiger partial charge is 0.478 e. The fourth-order valence-electron chi connectivity index (χ4n) is 2.49. The predicted octanol–water partition coefficient (Wildman–Crippen LogP) is 2.86.